The molecule has 0 atom stereocenters. The molecule has 6 heteroatoms. The van der Waals surface area contributed by atoms with E-state index in [2.05, 4.69) is 4.18 Å². The van der Waals surface area contributed by atoms with E-state index >= 15 is 0 Å². The second-order valence-corrected chi connectivity index (χ2v) is 2.43. The molecule has 0 aromatic heterocycles. The molecule has 0 saturated heterocycles. The number of hydrogen-bond acceptors (Lipinski definition) is 5. The maximum atomic E-state index is 10.0. The van der Waals surface area contributed by atoms with E-state index in [1.807, 2.05) is 0 Å². The van der Waals surface area contributed by atoms with Crippen molar-refractivity contribution in [3.8, 4) is 5.75 Å². The predicted molar refractivity (Wildman–Crippen MR) is 46.0 cm³/mol. The molecule has 2 N–H and O–H groups in total. The summed E-state index contributed by atoms with van der Waals surface area (Å²) in [5.74, 6) is 0.221. The zero-order valence-electron chi connectivity index (χ0n) is 6.10. The molecule has 0 aliphatic heterocycles. The van der Waals surface area contributed by atoms with E-state index in [9.17, 15) is 8.42 Å². The Morgan fingerprint density at radius 2 is 2.00 bits per heavy atom. The molecular formula is C6H6AlNO3S. The van der Waals surface area contributed by atoms with Gasteiger partial charge in [0.2, 0.25) is 0 Å². The second-order valence-electron chi connectivity index (χ2n) is 1.86. The largest absolute Gasteiger partial charge is 1.00 e. The van der Waals surface area contributed by atoms with E-state index in [1.54, 1.807) is 12.1 Å². The van der Waals surface area contributed by atoms with E-state index in [1.165, 1.54) is 12.1 Å². The molecule has 0 heterocycles. The van der Waals surface area contributed by atoms with Gasteiger partial charge in [0.25, 0.3) is 0 Å². The van der Waals surface area contributed by atoms with Crippen molar-refractivity contribution in [2.24, 2.45) is 0 Å². The number of benzene rings is 1. The fourth-order valence-corrected chi connectivity index (χ4v) is 0.906. The molecule has 0 amide bonds. The average molecular weight is 199 g/mol. The van der Waals surface area contributed by atoms with Crippen LogP contribution in [0.25, 0.3) is 0 Å². The minimum atomic E-state index is -2.53. The van der Waals surface area contributed by atoms with Gasteiger partial charge in [-0.1, -0.05) is 6.07 Å². The van der Waals surface area contributed by atoms with Crippen LogP contribution in [0.15, 0.2) is 24.3 Å². The van der Waals surface area contributed by atoms with Crippen LogP contribution in [0, 0.1) is 0 Å². The van der Waals surface area contributed by atoms with Gasteiger partial charge in [-0.05, 0) is 12.1 Å². The molecule has 0 aliphatic rings. The van der Waals surface area contributed by atoms with Crippen LogP contribution in [0.3, 0.4) is 0 Å². The Morgan fingerprint density at radius 1 is 1.33 bits per heavy atom. The van der Waals surface area contributed by atoms with Crippen LogP contribution >= 0.6 is 0 Å². The first-order chi connectivity index (χ1) is 5.18. The Labute approximate surface area is 82.6 Å². The van der Waals surface area contributed by atoms with Gasteiger partial charge < -0.3 is 18.3 Å². The third kappa shape index (κ3) is 3.62. The minimum Gasteiger partial charge on any atom is -0.533 e. The third-order valence-corrected chi connectivity index (χ3v) is 1.35. The van der Waals surface area contributed by atoms with Crippen molar-refractivity contribution < 1.29 is 12.6 Å². The van der Waals surface area contributed by atoms with Gasteiger partial charge >= 0.3 is 17.4 Å². The quantitative estimate of drug-likeness (QED) is 0.427. The van der Waals surface area contributed by atoms with Crippen molar-refractivity contribution in [3.05, 3.63) is 24.3 Å². The summed E-state index contributed by atoms with van der Waals surface area (Å²) in [6.45, 7) is 0. The maximum Gasteiger partial charge on any atom is 1.00 e. The minimum absolute atomic E-state index is 0. The van der Waals surface area contributed by atoms with Crippen LogP contribution < -0.4 is 9.92 Å². The van der Waals surface area contributed by atoms with Gasteiger partial charge in [0.05, 0.1) is 0 Å². The van der Waals surface area contributed by atoms with Gasteiger partial charge in [-0.15, -0.1) is 0 Å². The van der Waals surface area contributed by atoms with Crippen molar-refractivity contribution in [1.29, 1.82) is 0 Å². The standard InChI is InChI=1S/C6H6NO3S.Al/c7-5-2-1-3-6(4-5)10-11(8)9;/h1-4H,7H2;/q-1;+1. The summed E-state index contributed by atoms with van der Waals surface area (Å²) in [6.07, 6.45) is 0. The molecule has 0 aliphatic carbocycles. The number of rotatable bonds is 2. The van der Waals surface area contributed by atoms with Crippen LogP contribution in [-0.4, -0.2) is 17.4 Å². The fraction of sp³-hybridized carbons (Fsp3) is 0. The van der Waals surface area contributed by atoms with Gasteiger partial charge in [-0.3, -0.25) is 0 Å². The molecule has 2 radical (unpaired) electrons. The molecule has 0 unspecified atom stereocenters. The van der Waals surface area contributed by atoms with Gasteiger partial charge in [-0.25, -0.2) is 0 Å². The zero-order valence-corrected chi connectivity index (χ0v) is 8.07. The maximum absolute atomic E-state index is 10.0. The van der Waals surface area contributed by atoms with Crippen LogP contribution in [0.4, 0.5) is 5.69 Å². The normalized spacial score (nSPS) is 9.08. The van der Waals surface area contributed by atoms with Gasteiger partial charge in [0.1, 0.15) is 16.7 Å². The molecule has 1 aromatic rings. The molecular weight excluding hydrogens is 193 g/mol. The van der Waals surface area contributed by atoms with E-state index in [0.717, 1.165) is 0 Å². The summed E-state index contributed by atoms with van der Waals surface area (Å²) in [4.78, 5) is 0. The molecule has 12 heavy (non-hydrogen) atoms. The van der Waals surface area contributed by atoms with Crippen LogP contribution in [-0.2, 0) is 19.4 Å². The molecule has 1 aromatic carbocycles. The van der Waals surface area contributed by atoms with Crippen molar-refractivity contribution in [2.75, 3.05) is 5.73 Å². The van der Waals surface area contributed by atoms with E-state index in [4.69, 9.17) is 5.73 Å². The van der Waals surface area contributed by atoms with Gasteiger partial charge in [0.15, 0.2) is 0 Å². The first-order valence-electron chi connectivity index (χ1n) is 2.81. The summed E-state index contributed by atoms with van der Waals surface area (Å²) in [5, 5.41) is 0. The fourth-order valence-electron chi connectivity index (χ4n) is 0.645. The van der Waals surface area contributed by atoms with Crippen LogP contribution in [0.2, 0.25) is 0 Å². The van der Waals surface area contributed by atoms with Crippen molar-refractivity contribution in [2.45, 2.75) is 0 Å². The number of nitrogens with two attached hydrogens (primary N) is 1. The molecule has 0 bridgehead atoms. The number of anilines is 1. The number of nitrogen functional groups attached to an aromatic ring is 1. The molecule has 0 saturated carbocycles. The molecule has 62 valence electrons. The van der Waals surface area contributed by atoms with Crippen LogP contribution in [0.1, 0.15) is 0 Å². The Balaban J connectivity index is 0.00000121. The summed E-state index contributed by atoms with van der Waals surface area (Å²) >= 11 is 0. The van der Waals surface area contributed by atoms with E-state index in [0.29, 0.717) is 5.69 Å². The van der Waals surface area contributed by atoms with Crippen molar-refractivity contribution >= 4 is 34.0 Å². The summed E-state index contributed by atoms with van der Waals surface area (Å²) < 4.78 is 24.4. The second kappa shape index (κ2) is 5.04. The zero-order chi connectivity index (χ0) is 8.27. The smallest absolute Gasteiger partial charge is 0.533 e. The average Bonchev–Trinajstić information content (AvgIpc) is 1.85. The molecule has 1 rings (SSSR count). The Morgan fingerprint density at radius 3 is 2.50 bits per heavy atom. The Hall–Kier alpha value is -0.698. The van der Waals surface area contributed by atoms with Crippen molar-refractivity contribution in [3.63, 3.8) is 0 Å². The molecule has 4 nitrogen and oxygen atoms in total. The monoisotopic (exact) mass is 199 g/mol. The summed E-state index contributed by atoms with van der Waals surface area (Å²) in [5.41, 5.74) is 5.82. The van der Waals surface area contributed by atoms with E-state index < -0.39 is 11.0 Å². The Kier molecular flexibility index (Phi) is 4.75. The third-order valence-electron chi connectivity index (χ3n) is 1.02. The SMILES string of the molecule is Nc1cccc(O[S-](=O)=O)c1.[Al+]. The number of hydrogen-bond donors (Lipinski definition) is 1. The summed E-state index contributed by atoms with van der Waals surface area (Å²) in [6, 6.07) is 6.18. The summed E-state index contributed by atoms with van der Waals surface area (Å²) in [7, 11) is -2.53. The first-order valence-corrected chi connectivity index (χ1v) is 3.81. The van der Waals surface area contributed by atoms with Gasteiger partial charge in [0, 0.05) is 11.8 Å². The molecule has 0 fully saturated rings. The van der Waals surface area contributed by atoms with Gasteiger partial charge in [-0.2, -0.15) is 0 Å². The predicted octanol–water partition coefficient (Wildman–Crippen LogP) is 0.491. The van der Waals surface area contributed by atoms with E-state index in [-0.39, 0.29) is 23.1 Å². The topological polar surface area (TPSA) is 69.4 Å². The first kappa shape index (κ1) is 11.3. The Bertz CT molecular complexity index is 318. The molecule has 0 spiro atoms. The van der Waals surface area contributed by atoms with Crippen molar-refractivity contribution in [1.82, 2.24) is 0 Å². The van der Waals surface area contributed by atoms with Crippen LogP contribution in [0.5, 0.6) is 5.75 Å².